The standard InChI is InChI=1S/C38H50N2O2.Y/c1-7-12-15-18-30-20-22-32(24-30)36-34-33(37(41)40(36)26-29(11-5)17-14-9-3)35(31-21-19-27(6)23-31)39(38(34)42)25-28(10-4)16-13-8-2;/h12,15,19-22,28-29H,8-11,13-14,16-17,23-26H2,1-6H3;/q-2;. The molecule has 2 aliphatic heterocycles. The van der Waals surface area contributed by atoms with E-state index in [0.717, 1.165) is 85.9 Å². The average molecular weight is 656 g/mol. The van der Waals surface area contributed by atoms with Gasteiger partial charge in [-0.25, -0.2) is 0 Å². The molecule has 4 rings (SSSR count). The van der Waals surface area contributed by atoms with Gasteiger partial charge in [0.2, 0.25) is 0 Å². The Labute approximate surface area is 286 Å². The Morgan fingerprint density at radius 2 is 1.28 bits per heavy atom. The van der Waals surface area contributed by atoms with Gasteiger partial charge in [0.05, 0.1) is 22.5 Å². The molecule has 2 amide bonds. The van der Waals surface area contributed by atoms with Crippen molar-refractivity contribution in [2.75, 3.05) is 13.1 Å². The number of carbonyl (C=O) groups excluding carboxylic acids is 2. The summed E-state index contributed by atoms with van der Waals surface area (Å²) in [5.74, 6) is 0.823. The summed E-state index contributed by atoms with van der Waals surface area (Å²) in [7, 11) is 0. The van der Waals surface area contributed by atoms with Crippen LogP contribution in [0.2, 0.25) is 0 Å². The van der Waals surface area contributed by atoms with Crippen molar-refractivity contribution in [3.63, 3.8) is 0 Å². The normalized spacial score (nSPS) is 20.0. The topological polar surface area (TPSA) is 40.6 Å². The summed E-state index contributed by atoms with van der Waals surface area (Å²) in [6.45, 7) is 14.2. The quantitative estimate of drug-likeness (QED) is 0.123. The molecule has 2 unspecified atom stereocenters. The van der Waals surface area contributed by atoms with Gasteiger partial charge in [0.1, 0.15) is 0 Å². The van der Waals surface area contributed by atoms with Crippen molar-refractivity contribution in [2.24, 2.45) is 11.8 Å². The minimum absolute atomic E-state index is 0. The first-order chi connectivity index (χ1) is 20.4. The predicted molar refractivity (Wildman–Crippen MR) is 173 cm³/mol. The number of nitrogens with zero attached hydrogens (tertiary/aromatic N) is 2. The van der Waals surface area contributed by atoms with Crippen LogP contribution < -0.4 is 0 Å². The number of hydrogen-bond donors (Lipinski definition) is 0. The van der Waals surface area contributed by atoms with Crippen molar-refractivity contribution in [1.29, 1.82) is 0 Å². The summed E-state index contributed by atoms with van der Waals surface area (Å²) in [6.07, 6.45) is 28.8. The fourth-order valence-corrected chi connectivity index (χ4v) is 6.61. The molecule has 4 nitrogen and oxygen atoms in total. The Morgan fingerprint density at radius 1 is 0.767 bits per heavy atom. The molecule has 43 heavy (non-hydrogen) atoms. The summed E-state index contributed by atoms with van der Waals surface area (Å²) in [6, 6.07) is 0. The van der Waals surface area contributed by atoms with E-state index in [1.807, 2.05) is 28.9 Å². The van der Waals surface area contributed by atoms with E-state index < -0.39 is 0 Å². The summed E-state index contributed by atoms with van der Waals surface area (Å²) < 4.78 is 0. The maximum atomic E-state index is 14.6. The van der Waals surface area contributed by atoms with Crippen LogP contribution >= 0.6 is 0 Å². The summed E-state index contributed by atoms with van der Waals surface area (Å²) in [5, 5.41) is 0. The first kappa shape index (κ1) is 35.4. The molecule has 0 aromatic rings. The molecule has 2 heterocycles. The summed E-state index contributed by atoms with van der Waals surface area (Å²) >= 11 is 0. The van der Waals surface area contributed by atoms with E-state index in [-0.39, 0.29) is 44.5 Å². The van der Waals surface area contributed by atoms with E-state index in [1.54, 1.807) is 0 Å². The molecule has 5 heteroatoms. The Balaban J connectivity index is 0.00000506. The molecule has 0 saturated heterocycles. The van der Waals surface area contributed by atoms with Crippen molar-refractivity contribution in [3.05, 3.63) is 93.4 Å². The van der Waals surface area contributed by atoms with Gasteiger partial charge in [-0.15, -0.1) is 13.0 Å². The molecule has 2 atom stereocenters. The Morgan fingerprint density at radius 3 is 1.72 bits per heavy atom. The predicted octanol–water partition coefficient (Wildman–Crippen LogP) is 8.88. The fourth-order valence-electron chi connectivity index (χ4n) is 6.61. The monoisotopic (exact) mass is 655 g/mol. The molecule has 4 aliphatic rings. The third-order valence-electron chi connectivity index (χ3n) is 9.18. The number of hydrogen-bond acceptors (Lipinski definition) is 2. The van der Waals surface area contributed by atoms with Crippen LogP contribution in [0, 0.1) is 24.0 Å². The number of carbonyl (C=O) groups is 2. The molecule has 0 aromatic carbocycles. The average Bonchev–Trinajstić information content (AvgIpc) is 3.75. The molecular formula is C38H50N2O2Y-2. The van der Waals surface area contributed by atoms with Crippen LogP contribution in [0.1, 0.15) is 106 Å². The van der Waals surface area contributed by atoms with Crippen molar-refractivity contribution in [2.45, 2.75) is 106 Å². The van der Waals surface area contributed by atoms with Crippen molar-refractivity contribution in [3.8, 4) is 0 Å². The zero-order valence-corrected chi connectivity index (χ0v) is 30.2. The van der Waals surface area contributed by atoms with Crippen LogP contribution in [0.5, 0.6) is 0 Å². The molecule has 0 aromatic heterocycles. The molecule has 0 saturated carbocycles. The molecular weight excluding hydrogens is 605 g/mol. The Bertz CT molecular complexity index is 1300. The van der Waals surface area contributed by atoms with Gasteiger partial charge in [-0.05, 0) is 55.6 Å². The van der Waals surface area contributed by atoms with E-state index >= 15 is 0 Å². The van der Waals surface area contributed by atoms with Gasteiger partial charge in [0.15, 0.2) is 0 Å². The second kappa shape index (κ2) is 16.9. The van der Waals surface area contributed by atoms with Crippen LogP contribution in [0.4, 0.5) is 0 Å². The Kier molecular flexibility index (Phi) is 13.9. The zero-order valence-electron chi connectivity index (χ0n) is 27.4. The van der Waals surface area contributed by atoms with E-state index in [4.69, 9.17) is 0 Å². The number of fused-ring (bicyclic) bond motifs is 1. The number of unbranched alkanes of at least 4 members (excludes halogenated alkanes) is 2. The second-order valence-electron chi connectivity index (χ2n) is 12.3. The summed E-state index contributed by atoms with van der Waals surface area (Å²) in [5.41, 5.74) is 7.43. The van der Waals surface area contributed by atoms with Crippen molar-refractivity contribution in [1.82, 2.24) is 9.80 Å². The maximum absolute atomic E-state index is 14.6. The molecule has 0 spiro atoms. The first-order valence-corrected chi connectivity index (χ1v) is 16.4. The van der Waals surface area contributed by atoms with Crippen molar-refractivity contribution < 1.29 is 42.3 Å². The van der Waals surface area contributed by atoms with Crippen LogP contribution in [-0.2, 0) is 42.3 Å². The van der Waals surface area contributed by atoms with Crippen LogP contribution in [0.15, 0.2) is 81.3 Å². The maximum Gasteiger partial charge on any atom is 0.261 e. The SMILES string of the molecule is C[C-]=CC=[C-]C1=CC=C(C2=C3C(=O)N(CC(CC)CCCC)C(C4=CC=C(C)C4)=C3C(=O)N2CC(CC)CCCC)C1.[Y]. The van der Waals surface area contributed by atoms with Gasteiger partial charge in [-0.3, -0.25) is 15.7 Å². The van der Waals surface area contributed by atoms with Gasteiger partial charge < -0.3 is 28.0 Å². The summed E-state index contributed by atoms with van der Waals surface area (Å²) in [4.78, 5) is 33.1. The molecule has 2 aliphatic carbocycles. The molecule has 0 N–H and O–H groups in total. The van der Waals surface area contributed by atoms with Crippen LogP contribution in [0.25, 0.3) is 0 Å². The Hall–Kier alpha value is -2.04. The van der Waals surface area contributed by atoms with E-state index in [1.165, 1.54) is 5.57 Å². The molecule has 0 fully saturated rings. The van der Waals surface area contributed by atoms with E-state index in [0.29, 0.717) is 42.5 Å². The first-order valence-electron chi connectivity index (χ1n) is 16.4. The molecule has 0 bridgehead atoms. The molecule has 229 valence electrons. The third-order valence-corrected chi connectivity index (χ3v) is 9.18. The second-order valence-corrected chi connectivity index (χ2v) is 12.3. The van der Waals surface area contributed by atoms with E-state index in [2.05, 4.69) is 71.1 Å². The number of rotatable bonds is 16. The van der Waals surface area contributed by atoms with Gasteiger partial charge in [-0.2, -0.15) is 11.6 Å². The number of amides is 2. The van der Waals surface area contributed by atoms with Crippen LogP contribution in [-0.4, -0.2) is 34.7 Å². The molecule has 1 radical (unpaired) electrons. The van der Waals surface area contributed by atoms with Gasteiger partial charge >= 0.3 is 0 Å². The minimum Gasteiger partial charge on any atom is -0.346 e. The third kappa shape index (κ3) is 7.98. The minimum atomic E-state index is 0. The largest absolute Gasteiger partial charge is 0.346 e. The van der Waals surface area contributed by atoms with Gasteiger partial charge in [-0.1, -0.05) is 83.9 Å². The smallest absolute Gasteiger partial charge is 0.261 e. The van der Waals surface area contributed by atoms with Gasteiger partial charge in [0, 0.05) is 45.8 Å². The number of allylic oxidation sites excluding steroid dienone is 12. The van der Waals surface area contributed by atoms with E-state index in [9.17, 15) is 9.59 Å². The van der Waals surface area contributed by atoms with Crippen molar-refractivity contribution >= 4 is 11.8 Å². The van der Waals surface area contributed by atoms with Gasteiger partial charge in [0.25, 0.3) is 11.8 Å². The van der Waals surface area contributed by atoms with Crippen LogP contribution in [0.3, 0.4) is 0 Å². The fraction of sp³-hybridized carbons (Fsp3) is 0.526. The zero-order chi connectivity index (χ0) is 30.2.